The summed E-state index contributed by atoms with van der Waals surface area (Å²) in [7, 11) is 0. The van der Waals surface area contributed by atoms with Crippen molar-refractivity contribution in [3.05, 3.63) is 35.4 Å². The lowest BCUT2D eigenvalue weighted by molar-refractivity contribution is -0.123. The van der Waals surface area contributed by atoms with Crippen molar-refractivity contribution in [1.82, 2.24) is 5.32 Å². The van der Waals surface area contributed by atoms with Gasteiger partial charge in [-0.1, -0.05) is 25.3 Å². The maximum atomic E-state index is 13.7. The number of carbonyl (C=O) groups excluding carboxylic acids is 1. The molecule has 1 atom stereocenters. The molecule has 0 bridgehead atoms. The smallest absolute Gasteiger partial charge is 0.220 e. The molecule has 1 saturated carbocycles. The summed E-state index contributed by atoms with van der Waals surface area (Å²) in [5.74, 6) is -1.24. The van der Waals surface area contributed by atoms with Crippen LogP contribution in [-0.2, 0) is 10.4 Å². The van der Waals surface area contributed by atoms with Crippen LogP contribution in [0, 0.1) is 17.6 Å². The highest BCUT2D eigenvalue weighted by molar-refractivity contribution is 5.76. The molecule has 1 aromatic carbocycles. The lowest BCUT2D eigenvalue weighted by Gasteiger charge is -2.26. The van der Waals surface area contributed by atoms with E-state index in [1.54, 1.807) is 0 Å². The van der Waals surface area contributed by atoms with E-state index in [2.05, 4.69) is 5.32 Å². The number of nitrogens with one attached hydrogen (secondary N) is 1. The molecule has 22 heavy (non-hydrogen) atoms. The molecule has 1 amide bonds. The number of hydrogen-bond acceptors (Lipinski definition) is 2. The van der Waals surface area contributed by atoms with Crippen LogP contribution in [0.3, 0.4) is 0 Å². The van der Waals surface area contributed by atoms with Gasteiger partial charge in [0, 0.05) is 18.1 Å². The zero-order valence-electron chi connectivity index (χ0n) is 12.9. The Hall–Kier alpha value is -1.49. The Morgan fingerprint density at radius 1 is 1.32 bits per heavy atom. The Labute approximate surface area is 129 Å². The summed E-state index contributed by atoms with van der Waals surface area (Å²) in [6.07, 6.45) is 6.14. The van der Waals surface area contributed by atoms with E-state index in [9.17, 15) is 18.7 Å². The van der Waals surface area contributed by atoms with Crippen molar-refractivity contribution in [3.63, 3.8) is 0 Å². The van der Waals surface area contributed by atoms with Gasteiger partial charge in [-0.2, -0.15) is 0 Å². The Balaban J connectivity index is 1.89. The molecule has 2 rings (SSSR count). The molecule has 0 radical (unpaired) electrons. The van der Waals surface area contributed by atoms with Crippen LogP contribution in [0.15, 0.2) is 18.2 Å². The highest BCUT2D eigenvalue weighted by Gasteiger charge is 2.28. The van der Waals surface area contributed by atoms with E-state index in [0.29, 0.717) is 12.3 Å². The largest absolute Gasteiger partial charge is 0.383 e. The van der Waals surface area contributed by atoms with Gasteiger partial charge in [-0.25, -0.2) is 8.78 Å². The van der Waals surface area contributed by atoms with Gasteiger partial charge in [0.2, 0.25) is 5.91 Å². The maximum absolute atomic E-state index is 13.7. The van der Waals surface area contributed by atoms with Gasteiger partial charge in [-0.15, -0.1) is 0 Å². The zero-order chi connectivity index (χ0) is 16.2. The van der Waals surface area contributed by atoms with Gasteiger partial charge in [-0.05, 0) is 31.7 Å². The van der Waals surface area contributed by atoms with E-state index in [0.717, 1.165) is 37.8 Å². The summed E-state index contributed by atoms with van der Waals surface area (Å²) in [4.78, 5) is 12.0. The zero-order valence-corrected chi connectivity index (χ0v) is 12.9. The number of rotatable bonds is 5. The van der Waals surface area contributed by atoms with Crippen LogP contribution in [-0.4, -0.2) is 17.6 Å². The summed E-state index contributed by atoms with van der Waals surface area (Å²) in [6, 6.07) is 3.03. The summed E-state index contributed by atoms with van der Waals surface area (Å²) in [5, 5.41) is 13.0. The van der Waals surface area contributed by atoms with E-state index in [-0.39, 0.29) is 18.0 Å². The molecule has 3 nitrogen and oxygen atoms in total. The van der Waals surface area contributed by atoms with Crippen LogP contribution in [0.5, 0.6) is 0 Å². The van der Waals surface area contributed by atoms with Gasteiger partial charge in [0.05, 0.1) is 6.54 Å². The molecule has 0 saturated heterocycles. The lowest BCUT2D eigenvalue weighted by atomic mass is 9.86. The summed E-state index contributed by atoms with van der Waals surface area (Å²) in [5.41, 5.74) is -1.59. The van der Waals surface area contributed by atoms with Crippen molar-refractivity contribution in [2.24, 2.45) is 5.92 Å². The second kappa shape index (κ2) is 7.18. The Morgan fingerprint density at radius 2 is 2.00 bits per heavy atom. The van der Waals surface area contributed by atoms with Crippen LogP contribution in [0.1, 0.15) is 51.0 Å². The predicted octanol–water partition coefficient (Wildman–Crippen LogP) is 3.26. The summed E-state index contributed by atoms with van der Waals surface area (Å²) < 4.78 is 26.6. The van der Waals surface area contributed by atoms with Gasteiger partial charge in [0.15, 0.2) is 0 Å². The van der Waals surface area contributed by atoms with Crippen molar-refractivity contribution in [1.29, 1.82) is 0 Å². The van der Waals surface area contributed by atoms with Gasteiger partial charge < -0.3 is 10.4 Å². The highest BCUT2D eigenvalue weighted by Crippen LogP contribution is 2.27. The third-order valence-corrected chi connectivity index (χ3v) is 4.34. The highest BCUT2D eigenvalue weighted by atomic mass is 19.1. The van der Waals surface area contributed by atoms with Crippen LogP contribution < -0.4 is 5.32 Å². The van der Waals surface area contributed by atoms with Gasteiger partial charge in [0.25, 0.3) is 0 Å². The molecule has 5 heteroatoms. The quantitative estimate of drug-likeness (QED) is 0.877. The number of hydrogen-bond donors (Lipinski definition) is 2. The molecule has 0 aliphatic heterocycles. The second-order valence-corrected chi connectivity index (χ2v) is 6.38. The van der Waals surface area contributed by atoms with Gasteiger partial charge >= 0.3 is 0 Å². The van der Waals surface area contributed by atoms with Crippen molar-refractivity contribution < 1.29 is 18.7 Å². The molecule has 0 spiro atoms. The number of halogens is 2. The van der Waals surface area contributed by atoms with Crippen molar-refractivity contribution in [2.45, 2.75) is 51.0 Å². The molecule has 1 aliphatic carbocycles. The normalized spacial score (nSPS) is 18.7. The monoisotopic (exact) mass is 311 g/mol. The molecule has 1 unspecified atom stereocenters. The SMILES string of the molecule is CC(O)(CNC(=O)CC1CCCCC1)c1ccc(F)cc1F. The number of carbonyl (C=O) groups is 1. The van der Waals surface area contributed by atoms with Crippen LogP contribution >= 0.6 is 0 Å². The Kier molecular flexibility index (Phi) is 5.51. The summed E-state index contributed by atoms with van der Waals surface area (Å²) in [6.45, 7) is 1.31. The van der Waals surface area contributed by atoms with Crippen molar-refractivity contribution in [2.75, 3.05) is 6.54 Å². The fraction of sp³-hybridized carbons (Fsp3) is 0.588. The lowest BCUT2D eigenvalue weighted by Crippen LogP contribution is -2.39. The molecule has 1 aromatic rings. The van der Waals surface area contributed by atoms with E-state index in [4.69, 9.17) is 0 Å². The van der Waals surface area contributed by atoms with Crippen LogP contribution in [0.2, 0.25) is 0 Å². The first-order valence-corrected chi connectivity index (χ1v) is 7.83. The minimum absolute atomic E-state index is 0.0214. The van der Waals surface area contributed by atoms with Gasteiger partial charge in [0.1, 0.15) is 17.2 Å². The number of aliphatic hydroxyl groups is 1. The molecule has 1 aliphatic rings. The summed E-state index contributed by atoms with van der Waals surface area (Å²) >= 11 is 0. The average Bonchev–Trinajstić information content (AvgIpc) is 2.46. The molecule has 0 heterocycles. The molecule has 1 fully saturated rings. The minimum Gasteiger partial charge on any atom is -0.383 e. The number of amides is 1. The Morgan fingerprint density at radius 3 is 2.64 bits per heavy atom. The topological polar surface area (TPSA) is 49.3 Å². The first-order valence-electron chi connectivity index (χ1n) is 7.83. The third kappa shape index (κ3) is 4.50. The van der Waals surface area contributed by atoms with E-state index in [1.807, 2.05) is 0 Å². The second-order valence-electron chi connectivity index (χ2n) is 6.38. The van der Waals surface area contributed by atoms with E-state index in [1.165, 1.54) is 19.4 Å². The Bertz CT molecular complexity index is 525. The third-order valence-electron chi connectivity index (χ3n) is 4.34. The molecule has 0 aromatic heterocycles. The number of benzene rings is 1. The van der Waals surface area contributed by atoms with Crippen molar-refractivity contribution in [3.8, 4) is 0 Å². The first-order chi connectivity index (χ1) is 10.4. The molecular weight excluding hydrogens is 288 g/mol. The van der Waals surface area contributed by atoms with E-state index < -0.39 is 17.2 Å². The fourth-order valence-corrected chi connectivity index (χ4v) is 3.02. The van der Waals surface area contributed by atoms with Crippen LogP contribution in [0.4, 0.5) is 8.78 Å². The fourth-order valence-electron chi connectivity index (χ4n) is 3.02. The molecule has 2 N–H and O–H groups in total. The average molecular weight is 311 g/mol. The van der Waals surface area contributed by atoms with E-state index >= 15 is 0 Å². The standard InChI is InChI=1S/C17H23F2NO2/c1-17(22,14-8-7-13(18)10-15(14)19)11-20-16(21)9-12-5-3-2-4-6-12/h7-8,10,12,22H,2-6,9,11H2,1H3,(H,20,21). The molecular formula is C17H23F2NO2. The molecule has 122 valence electrons. The van der Waals surface area contributed by atoms with Crippen LogP contribution in [0.25, 0.3) is 0 Å². The maximum Gasteiger partial charge on any atom is 0.220 e. The van der Waals surface area contributed by atoms with Gasteiger partial charge in [-0.3, -0.25) is 4.79 Å². The first kappa shape index (κ1) is 16.9. The van der Waals surface area contributed by atoms with Crippen molar-refractivity contribution >= 4 is 5.91 Å². The predicted molar refractivity (Wildman–Crippen MR) is 80.1 cm³/mol. The minimum atomic E-state index is -1.57.